The molecule has 0 aliphatic heterocycles. The third-order valence-electron chi connectivity index (χ3n) is 2.88. The average Bonchev–Trinajstić information content (AvgIpc) is 2.48. The predicted molar refractivity (Wildman–Crippen MR) is 78.8 cm³/mol. The number of anilines is 2. The highest BCUT2D eigenvalue weighted by molar-refractivity contribution is 6.08. The lowest BCUT2D eigenvalue weighted by Gasteiger charge is -2.10. The van der Waals surface area contributed by atoms with Crippen molar-refractivity contribution in [3.63, 3.8) is 0 Å². The molecule has 0 saturated heterocycles. The van der Waals surface area contributed by atoms with Crippen LogP contribution in [0.25, 0.3) is 0 Å². The van der Waals surface area contributed by atoms with Crippen LogP contribution in [0.5, 0.6) is 5.75 Å². The van der Waals surface area contributed by atoms with Gasteiger partial charge in [0, 0.05) is 11.3 Å². The number of ether oxygens (including phenoxy) is 1. The number of carboxylic acid groups (broad SMARTS) is 1. The summed E-state index contributed by atoms with van der Waals surface area (Å²) >= 11 is 0. The minimum atomic E-state index is -1.15. The van der Waals surface area contributed by atoms with Crippen molar-refractivity contribution in [1.29, 1.82) is 0 Å². The van der Waals surface area contributed by atoms with E-state index in [9.17, 15) is 14.7 Å². The highest BCUT2D eigenvalue weighted by Crippen LogP contribution is 2.22. The number of nitrogen functional groups attached to an aromatic ring is 1. The van der Waals surface area contributed by atoms with Gasteiger partial charge in [0.25, 0.3) is 5.91 Å². The summed E-state index contributed by atoms with van der Waals surface area (Å²) in [6.07, 6.45) is 0. The molecule has 1 amide bonds. The average molecular weight is 286 g/mol. The smallest absolute Gasteiger partial charge is 0.337 e. The SMILES string of the molecule is COc1ccc(NC(=O)c2ccc(N)cc2)c(C(=O)O)c1. The molecule has 4 N–H and O–H groups in total. The summed E-state index contributed by atoms with van der Waals surface area (Å²) in [4.78, 5) is 23.3. The van der Waals surface area contributed by atoms with Crippen molar-refractivity contribution in [2.75, 3.05) is 18.2 Å². The molecule has 0 aliphatic carbocycles. The summed E-state index contributed by atoms with van der Waals surface area (Å²) < 4.78 is 4.97. The zero-order chi connectivity index (χ0) is 15.4. The quantitative estimate of drug-likeness (QED) is 0.748. The number of hydrogen-bond donors (Lipinski definition) is 3. The van der Waals surface area contributed by atoms with Crippen molar-refractivity contribution in [2.45, 2.75) is 0 Å². The highest BCUT2D eigenvalue weighted by Gasteiger charge is 2.14. The molecule has 0 saturated carbocycles. The van der Waals surface area contributed by atoms with E-state index in [2.05, 4.69) is 5.32 Å². The van der Waals surface area contributed by atoms with E-state index in [1.807, 2.05) is 0 Å². The van der Waals surface area contributed by atoms with Crippen molar-refractivity contribution in [3.8, 4) is 5.75 Å². The van der Waals surface area contributed by atoms with E-state index >= 15 is 0 Å². The molecule has 108 valence electrons. The number of carboxylic acids is 1. The summed E-state index contributed by atoms with van der Waals surface area (Å²) in [5.74, 6) is -1.16. The molecule has 0 atom stereocenters. The van der Waals surface area contributed by atoms with Crippen molar-refractivity contribution in [2.24, 2.45) is 0 Å². The molecule has 2 aromatic carbocycles. The lowest BCUT2D eigenvalue weighted by atomic mass is 10.1. The number of carbonyl (C=O) groups is 2. The molecular formula is C15H14N2O4. The van der Waals surface area contributed by atoms with Crippen LogP contribution in [-0.2, 0) is 0 Å². The molecule has 21 heavy (non-hydrogen) atoms. The Labute approximate surface area is 121 Å². The fraction of sp³-hybridized carbons (Fsp3) is 0.0667. The molecule has 6 nitrogen and oxygen atoms in total. The maximum atomic E-state index is 12.1. The van der Waals surface area contributed by atoms with E-state index in [4.69, 9.17) is 10.5 Å². The molecule has 0 spiro atoms. The van der Waals surface area contributed by atoms with Gasteiger partial charge in [0.15, 0.2) is 0 Å². The molecule has 2 rings (SSSR count). The third kappa shape index (κ3) is 3.30. The number of aromatic carboxylic acids is 1. The van der Waals surface area contributed by atoms with Crippen LogP contribution in [0.15, 0.2) is 42.5 Å². The molecule has 0 radical (unpaired) electrons. The molecule has 0 aliphatic rings. The number of benzene rings is 2. The lowest BCUT2D eigenvalue weighted by molar-refractivity contribution is 0.0697. The number of nitrogens with one attached hydrogen (secondary N) is 1. The highest BCUT2D eigenvalue weighted by atomic mass is 16.5. The zero-order valence-electron chi connectivity index (χ0n) is 11.3. The summed E-state index contributed by atoms with van der Waals surface area (Å²) in [7, 11) is 1.44. The fourth-order valence-electron chi connectivity index (χ4n) is 1.77. The predicted octanol–water partition coefficient (Wildman–Crippen LogP) is 2.23. The van der Waals surface area contributed by atoms with Crippen molar-refractivity contribution < 1.29 is 19.4 Å². The van der Waals surface area contributed by atoms with Crippen LogP contribution in [0.3, 0.4) is 0 Å². The molecule has 0 bridgehead atoms. The van der Waals surface area contributed by atoms with Gasteiger partial charge in [-0.25, -0.2) is 4.79 Å². The Morgan fingerprint density at radius 3 is 2.38 bits per heavy atom. The van der Waals surface area contributed by atoms with Crippen molar-refractivity contribution >= 4 is 23.3 Å². The van der Waals surface area contributed by atoms with Crippen molar-refractivity contribution in [3.05, 3.63) is 53.6 Å². The normalized spacial score (nSPS) is 9.95. The minimum Gasteiger partial charge on any atom is -0.497 e. The number of rotatable bonds is 4. The largest absolute Gasteiger partial charge is 0.497 e. The van der Waals surface area contributed by atoms with E-state index in [-0.39, 0.29) is 11.3 Å². The Kier molecular flexibility index (Phi) is 4.08. The summed E-state index contributed by atoms with van der Waals surface area (Å²) in [6.45, 7) is 0. The van der Waals surface area contributed by atoms with Crippen LogP contribution in [0.1, 0.15) is 20.7 Å². The Morgan fingerprint density at radius 1 is 1.14 bits per heavy atom. The Hall–Kier alpha value is -3.02. The van der Waals surface area contributed by atoms with Gasteiger partial charge in [-0.2, -0.15) is 0 Å². The van der Waals surface area contributed by atoms with Gasteiger partial charge in [0.05, 0.1) is 18.4 Å². The molecule has 2 aromatic rings. The Balaban J connectivity index is 2.28. The van der Waals surface area contributed by atoms with Gasteiger partial charge >= 0.3 is 5.97 Å². The molecule has 6 heteroatoms. The monoisotopic (exact) mass is 286 g/mol. The first kappa shape index (κ1) is 14.4. The summed E-state index contributed by atoms with van der Waals surface area (Å²) in [6, 6.07) is 10.7. The van der Waals surface area contributed by atoms with Crippen molar-refractivity contribution in [1.82, 2.24) is 0 Å². The van der Waals surface area contributed by atoms with Gasteiger partial charge in [-0.1, -0.05) is 0 Å². The van der Waals surface area contributed by atoms with Crippen LogP contribution in [0.2, 0.25) is 0 Å². The molecular weight excluding hydrogens is 272 g/mol. The van der Waals surface area contributed by atoms with E-state index in [0.717, 1.165) is 0 Å². The van der Waals surface area contributed by atoms with E-state index < -0.39 is 11.9 Å². The lowest BCUT2D eigenvalue weighted by Crippen LogP contribution is -2.15. The first-order chi connectivity index (χ1) is 10.0. The second-order valence-electron chi connectivity index (χ2n) is 4.29. The van der Waals surface area contributed by atoms with Crippen LogP contribution in [0, 0.1) is 0 Å². The van der Waals surface area contributed by atoms with Gasteiger partial charge in [-0.15, -0.1) is 0 Å². The number of amides is 1. The molecule has 0 heterocycles. The summed E-state index contributed by atoms with van der Waals surface area (Å²) in [5.41, 5.74) is 6.64. The van der Waals surface area contributed by atoms with Gasteiger partial charge in [-0.3, -0.25) is 4.79 Å². The van der Waals surface area contributed by atoms with Gasteiger partial charge in [0.1, 0.15) is 5.75 Å². The van der Waals surface area contributed by atoms with Gasteiger partial charge in [-0.05, 0) is 42.5 Å². The third-order valence-corrected chi connectivity index (χ3v) is 2.88. The standard InChI is InChI=1S/C15H14N2O4/c1-21-11-6-7-13(12(8-11)15(19)20)17-14(18)9-2-4-10(16)5-3-9/h2-8H,16H2,1H3,(H,17,18)(H,19,20). The molecule has 0 aromatic heterocycles. The number of nitrogens with two attached hydrogens (primary N) is 1. The molecule has 0 unspecified atom stereocenters. The second-order valence-corrected chi connectivity index (χ2v) is 4.29. The first-order valence-corrected chi connectivity index (χ1v) is 6.09. The van der Waals surface area contributed by atoms with Crippen LogP contribution in [0.4, 0.5) is 11.4 Å². The first-order valence-electron chi connectivity index (χ1n) is 6.09. The molecule has 0 fully saturated rings. The number of carbonyl (C=O) groups excluding carboxylic acids is 1. The summed E-state index contributed by atoms with van der Waals surface area (Å²) in [5, 5.41) is 11.7. The second kappa shape index (κ2) is 5.96. The fourth-order valence-corrected chi connectivity index (χ4v) is 1.77. The zero-order valence-corrected chi connectivity index (χ0v) is 11.3. The van der Waals surface area contributed by atoms with Crippen LogP contribution >= 0.6 is 0 Å². The van der Waals surface area contributed by atoms with E-state index in [1.165, 1.54) is 19.2 Å². The van der Waals surface area contributed by atoms with E-state index in [0.29, 0.717) is 17.0 Å². The topological polar surface area (TPSA) is 102 Å². The Bertz CT molecular complexity index is 681. The Morgan fingerprint density at radius 2 is 1.81 bits per heavy atom. The maximum Gasteiger partial charge on any atom is 0.337 e. The van der Waals surface area contributed by atoms with Crippen LogP contribution < -0.4 is 15.8 Å². The van der Waals surface area contributed by atoms with Gasteiger partial charge in [0.2, 0.25) is 0 Å². The minimum absolute atomic E-state index is 0.0434. The van der Waals surface area contributed by atoms with Gasteiger partial charge < -0.3 is 20.9 Å². The number of hydrogen-bond acceptors (Lipinski definition) is 4. The van der Waals surface area contributed by atoms with E-state index in [1.54, 1.807) is 30.3 Å². The number of methoxy groups -OCH3 is 1. The maximum absolute atomic E-state index is 12.1. The van der Waals surface area contributed by atoms with Crippen LogP contribution in [-0.4, -0.2) is 24.1 Å².